The van der Waals surface area contributed by atoms with Gasteiger partial charge in [0, 0.05) is 11.1 Å². The van der Waals surface area contributed by atoms with Crippen LogP contribution in [0.5, 0.6) is 11.5 Å². The number of benzene rings is 2. The van der Waals surface area contributed by atoms with Gasteiger partial charge >= 0.3 is 0 Å². The molecule has 0 heterocycles. The van der Waals surface area contributed by atoms with E-state index >= 15 is 0 Å². The van der Waals surface area contributed by atoms with Crippen molar-refractivity contribution < 1.29 is 9.47 Å². The lowest BCUT2D eigenvalue weighted by atomic mass is 9.44. The summed E-state index contributed by atoms with van der Waals surface area (Å²) in [7, 11) is 3.55. The van der Waals surface area contributed by atoms with Gasteiger partial charge < -0.3 is 9.47 Å². The number of rotatable bonds is 4. The first-order valence-electron chi connectivity index (χ1n) is 10.2. The van der Waals surface area contributed by atoms with Gasteiger partial charge in [-0.25, -0.2) is 0 Å². The number of halogens is 2. The summed E-state index contributed by atoms with van der Waals surface area (Å²) in [6.07, 6.45) is 4.61. The van der Waals surface area contributed by atoms with Crippen LogP contribution in [0.3, 0.4) is 0 Å². The molecule has 2 saturated carbocycles. The lowest BCUT2D eigenvalue weighted by Gasteiger charge is -2.60. The van der Waals surface area contributed by atoms with Crippen LogP contribution in [0.4, 0.5) is 0 Å². The van der Waals surface area contributed by atoms with Gasteiger partial charge in [0.15, 0.2) is 0 Å². The molecule has 4 atom stereocenters. The minimum absolute atomic E-state index is 0.473. The molecule has 28 heavy (non-hydrogen) atoms. The molecular formula is C24H26Cl2O2. The molecule has 4 unspecified atom stereocenters. The van der Waals surface area contributed by atoms with Crippen LogP contribution in [-0.4, -0.2) is 14.2 Å². The highest BCUT2D eigenvalue weighted by Gasteiger charge is 2.57. The number of hydrogen-bond acceptors (Lipinski definition) is 2. The van der Waals surface area contributed by atoms with Crippen molar-refractivity contribution in [2.75, 3.05) is 14.2 Å². The van der Waals surface area contributed by atoms with E-state index in [1.807, 2.05) is 0 Å². The number of hydrogen-bond donors (Lipinski definition) is 0. The van der Waals surface area contributed by atoms with Gasteiger partial charge in [-0.05, 0) is 71.6 Å². The van der Waals surface area contributed by atoms with Crippen LogP contribution >= 0.6 is 23.2 Å². The van der Waals surface area contributed by atoms with Crippen molar-refractivity contribution in [1.29, 1.82) is 0 Å². The standard InChI is InChI=1S/C24H26Cl2O2/c1-27-23-15(11-25)7-13-3-4-14-8-16(12-26)24(28-2)20(10-14)22-18-6-5-17(18)21(22)19(23)9-13/h7-10,17-18,21-22H,3-6,11-12H2,1-2H3. The fraction of sp³-hybridized carbons (Fsp3) is 0.500. The molecule has 4 bridgehead atoms. The maximum Gasteiger partial charge on any atom is 0.126 e. The molecule has 0 N–H and O–H groups in total. The monoisotopic (exact) mass is 416 g/mol. The molecule has 5 rings (SSSR count). The Balaban J connectivity index is 1.73. The Bertz CT molecular complexity index is 848. The van der Waals surface area contributed by atoms with Gasteiger partial charge in [0.05, 0.1) is 26.0 Å². The van der Waals surface area contributed by atoms with E-state index in [1.165, 1.54) is 35.1 Å². The van der Waals surface area contributed by atoms with Gasteiger partial charge in [0.1, 0.15) is 11.5 Å². The maximum atomic E-state index is 6.32. The first-order chi connectivity index (χ1) is 13.7. The number of alkyl halides is 2. The van der Waals surface area contributed by atoms with E-state index in [0.717, 1.165) is 47.3 Å². The molecule has 2 aromatic carbocycles. The van der Waals surface area contributed by atoms with E-state index < -0.39 is 0 Å². The van der Waals surface area contributed by atoms with Crippen LogP contribution in [0.15, 0.2) is 24.3 Å². The Morgan fingerprint density at radius 2 is 1.18 bits per heavy atom. The summed E-state index contributed by atoms with van der Waals surface area (Å²) in [6, 6.07) is 9.25. The summed E-state index contributed by atoms with van der Waals surface area (Å²) >= 11 is 12.6. The van der Waals surface area contributed by atoms with Gasteiger partial charge in [-0.15, -0.1) is 23.2 Å². The normalized spacial score (nSPS) is 27.0. The van der Waals surface area contributed by atoms with E-state index in [1.54, 1.807) is 14.2 Å². The van der Waals surface area contributed by atoms with E-state index in [2.05, 4.69) is 24.3 Å². The fourth-order valence-corrected chi connectivity index (χ4v) is 6.41. The second kappa shape index (κ2) is 7.15. The molecule has 2 nitrogen and oxygen atoms in total. The molecule has 148 valence electrons. The molecule has 2 fully saturated rings. The van der Waals surface area contributed by atoms with Gasteiger partial charge in [-0.3, -0.25) is 0 Å². The lowest BCUT2D eigenvalue weighted by molar-refractivity contribution is -0.0134. The topological polar surface area (TPSA) is 18.5 Å². The second-order valence-corrected chi connectivity index (χ2v) is 9.01. The molecule has 0 radical (unpaired) electrons. The highest BCUT2D eigenvalue weighted by Crippen LogP contribution is 2.69. The third-order valence-corrected chi connectivity index (χ3v) is 7.89. The third-order valence-electron chi connectivity index (χ3n) is 7.32. The summed E-state index contributed by atoms with van der Waals surface area (Å²) in [5, 5.41) is 0. The number of methoxy groups -OCH3 is 2. The molecule has 4 heteroatoms. The van der Waals surface area contributed by atoms with E-state index in [4.69, 9.17) is 32.7 Å². The molecule has 0 amide bonds. The van der Waals surface area contributed by atoms with Gasteiger partial charge in [0.25, 0.3) is 0 Å². The zero-order valence-corrected chi connectivity index (χ0v) is 17.9. The number of fused-ring (bicyclic) bond motifs is 10. The quantitative estimate of drug-likeness (QED) is 0.553. The van der Waals surface area contributed by atoms with Crippen LogP contribution in [0.1, 0.15) is 58.1 Å². The second-order valence-electron chi connectivity index (χ2n) is 8.48. The first-order valence-corrected chi connectivity index (χ1v) is 11.3. The Labute approximate surface area is 177 Å². The van der Waals surface area contributed by atoms with E-state index in [-0.39, 0.29) is 0 Å². The van der Waals surface area contributed by atoms with Crippen molar-refractivity contribution in [1.82, 2.24) is 0 Å². The predicted molar refractivity (Wildman–Crippen MR) is 114 cm³/mol. The molecular weight excluding hydrogens is 391 g/mol. The van der Waals surface area contributed by atoms with Gasteiger partial charge in [-0.1, -0.05) is 24.3 Å². The average molecular weight is 417 g/mol. The summed E-state index contributed by atoms with van der Waals surface area (Å²) < 4.78 is 11.8. The highest BCUT2D eigenvalue weighted by molar-refractivity contribution is 6.17. The van der Waals surface area contributed by atoms with Crippen LogP contribution < -0.4 is 9.47 Å². The van der Waals surface area contributed by atoms with Crippen molar-refractivity contribution in [3.63, 3.8) is 0 Å². The molecule has 3 aliphatic carbocycles. The lowest BCUT2D eigenvalue weighted by Crippen LogP contribution is -2.50. The molecule has 2 aromatic rings. The minimum Gasteiger partial charge on any atom is -0.496 e. The maximum absolute atomic E-state index is 6.32. The zero-order valence-electron chi connectivity index (χ0n) is 16.4. The Hall–Kier alpha value is -1.38. The molecule has 0 aromatic heterocycles. The predicted octanol–water partition coefficient (Wildman–Crippen LogP) is 6.19. The fourth-order valence-electron chi connectivity index (χ4n) is 6.01. The van der Waals surface area contributed by atoms with E-state index in [0.29, 0.717) is 23.6 Å². The van der Waals surface area contributed by atoms with Crippen molar-refractivity contribution in [3.8, 4) is 11.5 Å². The zero-order chi connectivity index (χ0) is 19.4. The van der Waals surface area contributed by atoms with Crippen LogP contribution in [0.2, 0.25) is 0 Å². The number of aryl methyl sites for hydroxylation is 2. The minimum atomic E-state index is 0.473. The molecule has 3 aliphatic rings. The van der Waals surface area contributed by atoms with Crippen molar-refractivity contribution in [2.45, 2.75) is 49.3 Å². The Morgan fingerprint density at radius 3 is 1.50 bits per heavy atom. The summed E-state index contributed by atoms with van der Waals surface area (Å²) in [5.41, 5.74) is 7.66. The molecule has 0 aliphatic heterocycles. The smallest absolute Gasteiger partial charge is 0.126 e. The van der Waals surface area contributed by atoms with E-state index in [9.17, 15) is 0 Å². The SMILES string of the molecule is COc1c(CCl)cc2cc1C1C3CCC3C1c1cc(cc(CCl)c1OC)CC2. The number of ether oxygens (including phenoxy) is 2. The summed E-state index contributed by atoms with van der Waals surface area (Å²) in [5.74, 6) is 5.39. The first kappa shape index (κ1) is 18.6. The van der Waals surface area contributed by atoms with Crippen molar-refractivity contribution in [3.05, 3.63) is 57.6 Å². The van der Waals surface area contributed by atoms with Crippen LogP contribution in [0, 0.1) is 11.8 Å². The largest absolute Gasteiger partial charge is 0.496 e. The molecule has 0 spiro atoms. The van der Waals surface area contributed by atoms with Gasteiger partial charge in [-0.2, -0.15) is 0 Å². The summed E-state index contributed by atoms with van der Waals surface area (Å²) in [4.78, 5) is 0. The Kier molecular flexibility index (Phi) is 4.76. The third kappa shape index (κ3) is 2.60. The van der Waals surface area contributed by atoms with Crippen LogP contribution in [0.25, 0.3) is 0 Å². The van der Waals surface area contributed by atoms with Crippen molar-refractivity contribution in [2.24, 2.45) is 11.8 Å². The Morgan fingerprint density at radius 1 is 0.750 bits per heavy atom. The highest BCUT2D eigenvalue weighted by atomic mass is 35.5. The van der Waals surface area contributed by atoms with Crippen molar-refractivity contribution >= 4 is 23.2 Å². The molecule has 0 saturated heterocycles. The van der Waals surface area contributed by atoms with Gasteiger partial charge in [0.2, 0.25) is 0 Å². The summed E-state index contributed by atoms with van der Waals surface area (Å²) in [6.45, 7) is 0. The average Bonchev–Trinajstić information content (AvgIpc) is 2.71. The van der Waals surface area contributed by atoms with Crippen LogP contribution in [-0.2, 0) is 24.6 Å².